The van der Waals surface area contributed by atoms with Crippen LogP contribution in [0.3, 0.4) is 0 Å². The Bertz CT molecular complexity index is 999. The standard InChI is InChI=1S/C20H20ClFN2O2S2/c21-16-11-15(8-9-17(16)22)24-19-13-28(25,26)12-18(19)23-20(24)27-10-4-7-14-5-2-1-3-6-14/h1-3,5-6,8-9,11,18-19H,4,7,10,12-13H2/t18-,19-/m0/s1. The monoisotopic (exact) mass is 438 g/mol. The van der Waals surface area contributed by atoms with Gasteiger partial charge in [-0.3, -0.25) is 4.99 Å². The van der Waals surface area contributed by atoms with Crippen molar-refractivity contribution in [3.63, 3.8) is 0 Å². The molecule has 4 nitrogen and oxygen atoms in total. The topological polar surface area (TPSA) is 49.7 Å². The molecule has 2 aromatic rings. The van der Waals surface area contributed by atoms with Crippen LogP contribution >= 0.6 is 23.4 Å². The average Bonchev–Trinajstić information content (AvgIpc) is 3.13. The molecule has 2 aliphatic heterocycles. The Kier molecular flexibility index (Phi) is 5.67. The van der Waals surface area contributed by atoms with E-state index < -0.39 is 15.7 Å². The van der Waals surface area contributed by atoms with Gasteiger partial charge in [0.2, 0.25) is 0 Å². The number of halogens is 2. The highest BCUT2D eigenvalue weighted by atomic mass is 35.5. The van der Waals surface area contributed by atoms with Crippen molar-refractivity contribution >= 4 is 44.1 Å². The van der Waals surface area contributed by atoms with Gasteiger partial charge >= 0.3 is 0 Å². The van der Waals surface area contributed by atoms with Crippen molar-refractivity contribution in [1.29, 1.82) is 0 Å². The molecule has 148 valence electrons. The van der Waals surface area contributed by atoms with E-state index in [9.17, 15) is 12.8 Å². The van der Waals surface area contributed by atoms with Gasteiger partial charge in [0.15, 0.2) is 15.0 Å². The molecule has 0 radical (unpaired) electrons. The van der Waals surface area contributed by atoms with Gasteiger partial charge in [0.05, 0.1) is 28.6 Å². The Labute approximate surface area is 173 Å². The number of nitrogens with zero attached hydrogens (tertiary/aromatic N) is 2. The number of thioether (sulfide) groups is 1. The molecule has 2 heterocycles. The summed E-state index contributed by atoms with van der Waals surface area (Å²) in [6.07, 6.45) is 1.96. The van der Waals surface area contributed by atoms with Crippen molar-refractivity contribution in [2.24, 2.45) is 4.99 Å². The van der Waals surface area contributed by atoms with Gasteiger partial charge in [0.1, 0.15) is 5.82 Å². The summed E-state index contributed by atoms with van der Waals surface area (Å²) in [4.78, 5) is 6.61. The normalized spacial score (nSPS) is 22.9. The third kappa shape index (κ3) is 4.21. The van der Waals surface area contributed by atoms with E-state index in [1.54, 1.807) is 23.9 Å². The molecule has 0 N–H and O–H groups in total. The molecule has 0 unspecified atom stereocenters. The lowest BCUT2D eigenvalue weighted by Crippen LogP contribution is -2.39. The van der Waals surface area contributed by atoms with Gasteiger partial charge in [-0.15, -0.1) is 0 Å². The SMILES string of the molecule is O=S1(=O)C[C@@H]2N=C(SCCCc3ccccc3)N(c3ccc(F)c(Cl)c3)[C@H]2C1. The van der Waals surface area contributed by atoms with Gasteiger partial charge in [0.25, 0.3) is 0 Å². The van der Waals surface area contributed by atoms with E-state index in [1.165, 1.54) is 11.6 Å². The highest BCUT2D eigenvalue weighted by molar-refractivity contribution is 8.14. The van der Waals surface area contributed by atoms with E-state index in [4.69, 9.17) is 11.6 Å². The summed E-state index contributed by atoms with van der Waals surface area (Å²) in [6, 6.07) is 14.3. The molecule has 0 aliphatic carbocycles. The Morgan fingerprint density at radius 1 is 1.18 bits per heavy atom. The van der Waals surface area contributed by atoms with E-state index in [2.05, 4.69) is 17.1 Å². The Morgan fingerprint density at radius 3 is 2.71 bits per heavy atom. The second kappa shape index (κ2) is 8.05. The summed E-state index contributed by atoms with van der Waals surface area (Å²) in [6.45, 7) is 0. The molecule has 0 bridgehead atoms. The second-order valence-electron chi connectivity index (χ2n) is 7.03. The van der Waals surface area contributed by atoms with Crippen LogP contribution in [-0.4, -0.2) is 42.9 Å². The van der Waals surface area contributed by atoms with Crippen LogP contribution in [0.1, 0.15) is 12.0 Å². The van der Waals surface area contributed by atoms with E-state index in [0.29, 0.717) is 5.69 Å². The number of sulfone groups is 1. The molecule has 0 aromatic heterocycles. The number of benzene rings is 2. The van der Waals surface area contributed by atoms with Crippen LogP contribution < -0.4 is 4.90 Å². The highest BCUT2D eigenvalue weighted by Crippen LogP contribution is 2.36. The predicted octanol–water partition coefficient (Wildman–Crippen LogP) is 4.19. The van der Waals surface area contributed by atoms with Crippen LogP contribution in [0.4, 0.5) is 10.1 Å². The van der Waals surface area contributed by atoms with Crippen molar-refractivity contribution < 1.29 is 12.8 Å². The first kappa shape index (κ1) is 19.7. The maximum Gasteiger partial charge on any atom is 0.164 e. The number of hydrogen-bond donors (Lipinski definition) is 0. The zero-order chi connectivity index (χ0) is 19.7. The molecular weight excluding hydrogens is 419 g/mol. The highest BCUT2D eigenvalue weighted by Gasteiger charge is 2.47. The summed E-state index contributed by atoms with van der Waals surface area (Å²) in [5, 5.41) is 0.816. The van der Waals surface area contributed by atoms with Gasteiger partial charge < -0.3 is 4.90 Å². The quantitative estimate of drug-likeness (QED) is 0.657. The molecule has 28 heavy (non-hydrogen) atoms. The summed E-state index contributed by atoms with van der Waals surface area (Å²) < 4.78 is 37.8. The minimum atomic E-state index is -3.11. The molecule has 1 fully saturated rings. The second-order valence-corrected chi connectivity index (χ2v) is 10.7. The Hall–Kier alpha value is -1.57. The third-order valence-corrected chi connectivity index (χ3v) is 8.01. The molecule has 1 saturated heterocycles. The van der Waals surface area contributed by atoms with Gasteiger partial charge in [-0.2, -0.15) is 0 Å². The van der Waals surface area contributed by atoms with Crippen LogP contribution in [0.15, 0.2) is 53.5 Å². The molecule has 2 aromatic carbocycles. The molecule has 2 atom stereocenters. The van der Waals surface area contributed by atoms with Gasteiger partial charge in [-0.05, 0) is 36.6 Å². The van der Waals surface area contributed by atoms with E-state index >= 15 is 0 Å². The molecule has 0 amide bonds. The van der Waals surface area contributed by atoms with Crippen molar-refractivity contribution in [3.8, 4) is 0 Å². The number of aryl methyl sites for hydroxylation is 1. The van der Waals surface area contributed by atoms with Crippen LogP contribution in [0.25, 0.3) is 0 Å². The summed E-state index contributed by atoms with van der Waals surface area (Å²) in [7, 11) is -3.11. The van der Waals surface area contributed by atoms with Crippen LogP contribution in [-0.2, 0) is 16.3 Å². The first-order chi connectivity index (χ1) is 13.4. The number of hydrogen-bond acceptors (Lipinski definition) is 5. The maximum absolute atomic E-state index is 13.6. The van der Waals surface area contributed by atoms with Crippen LogP contribution in [0.2, 0.25) is 5.02 Å². The van der Waals surface area contributed by atoms with Crippen molar-refractivity contribution in [1.82, 2.24) is 0 Å². The molecule has 0 spiro atoms. The molecule has 0 saturated carbocycles. The Morgan fingerprint density at radius 2 is 1.96 bits per heavy atom. The number of aliphatic imine (C=N–C) groups is 1. The minimum Gasteiger partial charge on any atom is -0.315 e. The van der Waals surface area contributed by atoms with Gasteiger partial charge in [-0.1, -0.05) is 53.7 Å². The maximum atomic E-state index is 13.6. The summed E-state index contributed by atoms with van der Waals surface area (Å²) >= 11 is 7.58. The molecule has 8 heteroatoms. The van der Waals surface area contributed by atoms with Gasteiger partial charge in [0, 0.05) is 11.4 Å². The zero-order valence-electron chi connectivity index (χ0n) is 15.1. The summed E-state index contributed by atoms with van der Waals surface area (Å²) in [5.41, 5.74) is 1.98. The van der Waals surface area contributed by atoms with Crippen molar-refractivity contribution in [3.05, 3.63) is 64.9 Å². The van der Waals surface area contributed by atoms with Crippen LogP contribution in [0, 0.1) is 5.82 Å². The fraction of sp³-hybridized carbons (Fsp3) is 0.350. The Balaban J connectivity index is 1.49. The number of anilines is 1. The first-order valence-corrected chi connectivity index (χ1v) is 12.3. The lowest BCUT2D eigenvalue weighted by Gasteiger charge is -2.26. The smallest absolute Gasteiger partial charge is 0.164 e. The molecular formula is C20H20ClFN2O2S2. The van der Waals surface area contributed by atoms with Gasteiger partial charge in [-0.25, -0.2) is 12.8 Å². The number of rotatable bonds is 5. The van der Waals surface area contributed by atoms with Crippen LogP contribution in [0.5, 0.6) is 0 Å². The van der Waals surface area contributed by atoms with E-state index in [0.717, 1.165) is 23.8 Å². The van der Waals surface area contributed by atoms with E-state index in [-0.39, 0.29) is 28.6 Å². The van der Waals surface area contributed by atoms with Crippen molar-refractivity contribution in [2.75, 3.05) is 22.2 Å². The largest absolute Gasteiger partial charge is 0.315 e. The molecule has 2 aliphatic rings. The lowest BCUT2D eigenvalue weighted by atomic mass is 10.1. The first-order valence-electron chi connectivity index (χ1n) is 9.12. The predicted molar refractivity (Wildman–Crippen MR) is 115 cm³/mol. The van der Waals surface area contributed by atoms with Crippen molar-refractivity contribution in [2.45, 2.75) is 24.9 Å². The third-order valence-electron chi connectivity index (χ3n) is 4.97. The molecule has 4 rings (SSSR count). The average molecular weight is 439 g/mol. The minimum absolute atomic E-state index is 0.0234. The summed E-state index contributed by atoms with van der Waals surface area (Å²) in [5.74, 6) is 0.501. The zero-order valence-corrected chi connectivity index (χ0v) is 17.5. The fourth-order valence-corrected chi connectivity index (χ4v) is 6.73. The lowest BCUT2D eigenvalue weighted by molar-refractivity contribution is 0.601. The van der Waals surface area contributed by atoms with E-state index in [1.807, 2.05) is 23.1 Å². The number of amidine groups is 1. The fourth-order valence-electron chi connectivity index (χ4n) is 3.65. The number of fused-ring (bicyclic) bond motifs is 1.